The van der Waals surface area contributed by atoms with E-state index in [-0.39, 0.29) is 17.4 Å². The number of amides is 1. The van der Waals surface area contributed by atoms with Gasteiger partial charge in [-0.25, -0.2) is 4.98 Å². The molecule has 174 valence electrons. The molecule has 7 nitrogen and oxygen atoms in total. The minimum atomic E-state index is -0.180. The van der Waals surface area contributed by atoms with Crippen molar-refractivity contribution in [2.24, 2.45) is 5.92 Å². The summed E-state index contributed by atoms with van der Waals surface area (Å²) < 4.78 is 5.99. The van der Waals surface area contributed by atoms with Crippen molar-refractivity contribution in [2.45, 2.75) is 19.4 Å². The van der Waals surface area contributed by atoms with Gasteiger partial charge in [-0.1, -0.05) is 48.5 Å². The van der Waals surface area contributed by atoms with E-state index < -0.39 is 0 Å². The normalized spacial score (nSPS) is 15.9. The molecule has 1 fully saturated rings. The fourth-order valence-electron chi connectivity index (χ4n) is 4.45. The molecular formula is C26H26N4O3S. The Morgan fingerprint density at radius 3 is 2.82 bits per heavy atom. The fraction of sp³-hybridized carbons (Fsp3) is 0.269. The minimum Gasteiger partial charge on any atom is -0.496 e. The number of benzene rings is 2. The number of hydrogen-bond acceptors (Lipinski definition) is 6. The van der Waals surface area contributed by atoms with Crippen LogP contribution < -0.4 is 20.5 Å². The van der Waals surface area contributed by atoms with Crippen molar-refractivity contribution in [2.75, 3.05) is 25.1 Å². The first-order valence-corrected chi connectivity index (χ1v) is 12.2. The van der Waals surface area contributed by atoms with Gasteiger partial charge in [-0.2, -0.15) is 0 Å². The van der Waals surface area contributed by atoms with Crippen molar-refractivity contribution in [1.82, 2.24) is 15.3 Å². The second-order valence-corrected chi connectivity index (χ2v) is 9.28. The number of nitrogens with one attached hydrogen (secondary N) is 2. The maximum Gasteiger partial charge on any atom is 0.270 e. The Morgan fingerprint density at radius 2 is 2.00 bits per heavy atom. The molecule has 0 radical (unpaired) electrons. The van der Waals surface area contributed by atoms with E-state index in [0.29, 0.717) is 29.3 Å². The highest BCUT2D eigenvalue weighted by Gasteiger charge is 2.27. The number of hydrogen-bond donors (Lipinski definition) is 2. The van der Waals surface area contributed by atoms with Gasteiger partial charge < -0.3 is 15.0 Å². The van der Waals surface area contributed by atoms with Crippen LogP contribution in [-0.4, -0.2) is 36.1 Å². The number of rotatable bonds is 6. The van der Waals surface area contributed by atoms with Gasteiger partial charge in [0.25, 0.3) is 5.56 Å². The second-order valence-electron chi connectivity index (χ2n) is 8.40. The summed E-state index contributed by atoms with van der Waals surface area (Å²) in [7, 11) is 1.63. The number of carbonyl (C=O) groups excluding carboxylic acids is 1. The molecule has 1 aliphatic heterocycles. The third-order valence-corrected chi connectivity index (χ3v) is 7.20. The summed E-state index contributed by atoms with van der Waals surface area (Å²) in [5, 5.41) is 5.03. The predicted octanol–water partition coefficient (Wildman–Crippen LogP) is 4.19. The lowest BCUT2D eigenvalue weighted by Gasteiger charge is -2.32. The van der Waals surface area contributed by atoms with Crippen LogP contribution in [0.4, 0.5) is 5.95 Å². The lowest BCUT2D eigenvalue weighted by molar-refractivity contribution is -0.125. The third-order valence-electron chi connectivity index (χ3n) is 6.24. The zero-order valence-electron chi connectivity index (χ0n) is 18.9. The van der Waals surface area contributed by atoms with Crippen LogP contribution in [0.1, 0.15) is 18.4 Å². The number of nitrogens with zero attached hydrogens (tertiary/aromatic N) is 2. The average molecular weight is 475 g/mol. The summed E-state index contributed by atoms with van der Waals surface area (Å²) in [6.07, 6.45) is 1.65. The molecule has 3 heterocycles. The molecule has 0 bridgehead atoms. The minimum absolute atomic E-state index is 0.000427. The van der Waals surface area contributed by atoms with Crippen molar-refractivity contribution in [3.05, 3.63) is 75.9 Å². The third kappa shape index (κ3) is 4.41. The molecule has 1 saturated heterocycles. The quantitative estimate of drug-likeness (QED) is 0.438. The summed E-state index contributed by atoms with van der Waals surface area (Å²) in [4.78, 5) is 35.6. The van der Waals surface area contributed by atoms with Gasteiger partial charge in [0.2, 0.25) is 11.9 Å². The molecule has 34 heavy (non-hydrogen) atoms. The molecule has 2 N–H and O–H groups in total. The largest absolute Gasteiger partial charge is 0.496 e. The molecule has 1 aliphatic rings. The molecule has 1 amide bonds. The lowest BCUT2D eigenvalue weighted by Crippen LogP contribution is -2.44. The second kappa shape index (κ2) is 9.69. The fourth-order valence-corrected chi connectivity index (χ4v) is 5.36. The van der Waals surface area contributed by atoms with Crippen molar-refractivity contribution < 1.29 is 9.53 Å². The van der Waals surface area contributed by atoms with E-state index in [2.05, 4.69) is 10.3 Å². The van der Waals surface area contributed by atoms with Crippen LogP contribution in [0.25, 0.3) is 21.3 Å². The maximum absolute atomic E-state index is 13.0. The first kappa shape index (κ1) is 22.2. The molecule has 0 spiro atoms. The Balaban J connectivity index is 1.34. The molecule has 2 aromatic heterocycles. The first-order valence-electron chi connectivity index (χ1n) is 11.4. The van der Waals surface area contributed by atoms with Gasteiger partial charge in [-0.05, 0) is 24.5 Å². The number of aromatic nitrogens is 2. The van der Waals surface area contributed by atoms with E-state index in [1.807, 2.05) is 64.9 Å². The summed E-state index contributed by atoms with van der Waals surface area (Å²) in [5.74, 6) is 1.10. The lowest BCUT2D eigenvalue weighted by atomic mass is 9.97. The Kier molecular flexibility index (Phi) is 6.31. The summed E-state index contributed by atoms with van der Waals surface area (Å²) in [5.41, 5.74) is 3.49. The zero-order valence-corrected chi connectivity index (χ0v) is 19.7. The van der Waals surface area contributed by atoms with Gasteiger partial charge in [-0.3, -0.25) is 14.6 Å². The van der Waals surface area contributed by atoms with E-state index in [9.17, 15) is 9.59 Å². The Bertz CT molecular complexity index is 1370. The Hall–Kier alpha value is -3.65. The van der Waals surface area contributed by atoms with Gasteiger partial charge in [0.05, 0.1) is 18.5 Å². The number of para-hydroxylation sites is 1. The predicted molar refractivity (Wildman–Crippen MR) is 135 cm³/mol. The highest BCUT2D eigenvalue weighted by molar-refractivity contribution is 7.17. The highest BCUT2D eigenvalue weighted by Crippen LogP contribution is 2.32. The smallest absolute Gasteiger partial charge is 0.270 e. The van der Waals surface area contributed by atoms with Crippen LogP contribution in [0.15, 0.2) is 64.8 Å². The standard InChI is InChI=1S/C26H26N4O3S/c1-33-21-12-6-5-10-18(21)14-27-24(31)19-11-7-13-30(15-19)26-28-22-20(17-8-3-2-4-9-17)16-34-23(22)25(32)29-26/h2-6,8-10,12,16,19H,7,11,13-15H2,1H3,(H,27,31)(H,28,29,32). The number of H-pyrrole nitrogens is 1. The maximum atomic E-state index is 13.0. The number of ether oxygens (including phenoxy) is 1. The number of thiophene rings is 1. The molecular weight excluding hydrogens is 448 g/mol. The van der Waals surface area contributed by atoms with Crippen LogP contribution >= 0.6 is 11.3 Å². The van der Waals surface area contributed by atoms with Crippen LogP contribution in [0.3, 0.4) is 0 Å². The van der Waals surface area contributed by atoms with Gasteiger partial charge in [0, 0.05) is 36.1 Å². The van der Waals surface area contributed by atoms with Gasteiger partial charge in [-0.15, -0.1) is 11.3 Å². The van der Waals surface area contributed by atoms with Crippen molar-refractivity contribution >= 4 is 33.4 Å². The molecule has 0 saturated carbocycles. The van der Waals surface area contributed by atoms with E-state index >= 15 is 0 Å². The van der Waals surface area contributed by atoms with E-state index in [4.69, 9.17) is 9.72 Å². The number of piperidine rings is 1. The number of aromatic amines is 1. The van der Waals surface area contributed by atoms with E-state index in [0.717, 1.165) is 41.8 Å². The van der Waals surface area contributed by atoms with E-state index in [1.165, 1.54) is 11.3 Å². The Morgan fingerprint density at radius 1 is 1.21 bits per heavy atom. The average Bonchev–Trinajstić information content (AvgIpc) is 3.33. The van der Waals surface area contributed by atoms with Gasteiger partial charge in [0.1, 0.15) is 10.4 Å². The SMILES string of the molecule is COc1ccccc1CNC(=O)C1CCCN(c2nc3c(-c4ccccc4)csc3c(=O)[nH]2)C1. The summed E-state index contributed by atoms with van der Waals surface area (Å²) in [6, 6.07) is 17.6. The Labute approximate surface area is 201 Å². The van der Waals surface area contributed by atoms with Crippen LogP contribution in [0.5, 0.6) is 5.75 Å². The molecule has 1 unspecified atom stereocenters. The number of anilines is 1. The molecule has 2 aromatic carbocycles. The number of carbonyl (C=O) groups is 1. The number of fused-ring (bicyclic) bond motifs is 1. The molecule has 8 heteroatoms. The number of methoxy groups -OCH3 is 1. The summed E-state index contributed by atoms with van der Waals surface area (Å²) >= 11 is 1.40. The molecule has 1 atom stereocenters. The monoisotopic (exact) mass is 474 g/mol. The van der Waals surface area contributed by atoms with Crippen LogP contribution in [0.2, 0.25) is 0 Å². The highest BCUT2D eigenvalue weighted by atomic mass is 32.1. The van der Waals surface area contributed by atoms with Crippen LogP contribution in [0, 0.1) is 5.92 Å². The zero-order chi connectivity index (χ0) is 23.5. The molecule has 0 aliphatic carbocycles. The topological polar surface area (TPSA) is 87.3 Å². The van der Waals surface area contributed by atoms with E-state index in [1.54, 1.807) is 7.11 Å². The van der Waals surface area contributed by atoms with Crippen molar-refractivity contribution in [3.63, 3.8) is 0 Å². The molecule has 4 aromatic rings. The summed E-state index contributed by atoms with van der Waals surface area (Å²) in [6.45, 7) is 1.67. The molecule has 5 rings (SSSR count). The first-order chi connectivity index (χ1) is 16.6. The van der Waals surface area contributed by atoms with Crippen molar-refractivity contribution in [1.29, 1.82) is 0 Å². The van der Waals surface area contributed by atoms with Crippen LogP contribution in [-0.2, 0) is 11.3 Å². The van der Waals surface area contributed by atoms with Gasteiger partial charge >= 0.3 is 0 Å². The van der Waals surface area contributed by atoms with Crippen molar-refractivity contribution in [3.8, 4) is 16.9 Å². The van der Waals surface area contributed by atoms with Gasteiger partial charge in [0.15, 0.2) is 0 Å².